The fourth-order valence-electron chi connectivity index (χ4n) is 2.84. The minimum Gasteiger partial charge on any atom is -0.273 e. The Kier molecular flexibility index (Phi) is 7.73. The van der Waals surface area contributed by atoms with Crippen molar-refractivity contribution in [1.82, 2.24) is 10.1 Å². The van der Waals surface area contributed by atoms with Gasteiger partial charge >= 0.3 is 0 Å². The van der Waals surface area contributed by atoms with Gasteiger partial charge in [0, 0.05) is 10.9 Å². The van der Waals surface area contributed by atoms with Crippen molar-refractivity contribution in [3.05, 3.63) is 100 Å². The smallest absolute Gasteiger partial charge is 0.242 e. The van der Waals surface area contributed by atoms with E-state index in [1.807, 2.05) is 37.3 Å². The Balaban J connectivity index is 1.72. The van der Waals surface area contributed by atoms with E-state index in [4.69, 9.17) is 0 Å². The van der Waals surface area contributed by atoms with Gasteiger partial charge in [0.15, 0.2) is 0 Å². The average molecular weight is 500 g/mol. The molecule has 0 aliphatic carbocycles. The summed E-state index contributed by atoms with van der Waals surface area (Å²) in [5, 5.41) is 3.97. The van der Waals surface area contributed by atoms with E-state index in [2.05, 4.69) is 31.2 Å². The molecule has 0 aliphatic rings. The summed E-state index contributed by atoms with van der Waals surface area (Å²) in [4.78, 5) is 12.6. The summed E-state index contributed by atoms with van der Waals surface area (Å²) in [5.74, 6) is -0.408. The maximum Gasteiger partial charge on any atom is 0.242 e. The van der Waals surface area contributed by atoms with Crippen LogP contribution < -0.4 is 10.1 Å². The zero-order chi connectivity index (χ0) is 22.3. The van der Waals surface area contributed by atoms with E-state index in [0.29, 0.717) is 5.56 Å². The second kappa shape index (κ2) is 10.5. The molecule has 0 saturated carbocycles. The summed E-state index contributed by atoms with van der Waals surface area (Å²) in [6, 6.07) is 22.2. The van der Waals surface area contributed by atoms with Crippen LogP contribution in [0.5, 0.6) is 0 Å². The number of nitrogens with zero attached hydrogens (tertiary/aromatic N) is 1. The first-order valence-electron chi connectivity index (χ1n) is 9.55. The molecular weight excluding hydrogens is 478 g/mol. The van der Waals surface area contributed by atoms with Crippen molar-refractivity contribution >= 4 is 38.1 Å². The van der Waals surface area contributed by atoms with Crippen LogP contribution in [0.1, 0.15) is 29.2 Å². The van der Waals surface area contributed by atoms with Gasteiger partial charge in [-0.2, -0.15) is 5.10 Å². The van der Waals surface area contributed by atoms with Crippen molar-refractivity contribution < 1.29 is 13.2 Å². The Hall–Kier alpha value is -2.81. The number of carbonyl (C=O) groups excluding carboxylic acids is 1. The van der Waals surface area contributed by atoms with Gasteiger partial charge in [-0.3, -0.25) is 4.79 Å². The zero-order valence-electron chi connectivity index (χ0n) is 16.8. The lowest BCUT2D eigenvalue weighted by atomic mass is 10.0. The molecule has 6 nitrogen and oxygen atoms in total. The number of amides is 1. The van der Waals surface area contributed by atoms with Crippen LogP contribution in [0.4, 0.5) is 0 Å². The number of hydrazone groups is 1. The summed E-state index contributed by atoms with van der Waals surface area (Å²) >= 11 is 3.36. The Morgan fingerprint density at radius 1 is 1.00 bits per heavy atom. The minimum atomic E-state index is -3.81. The van der Waals surface area contributed by atoms with E-state index in [-0.39, 0.29) is 11.3 Å². The highest BCUT2D eigenvalue weighted by Crippen LogP contribution is 2.21. The van der Waals surface area contributed by atoms with E-state index in [1.165, 1.54) is 6.21 Å². The van der Waals surface area contributed by atoms with E-state index in [9.17, 15) is 13.2 Å². The van der Waals surface area contributed by atoms with Crippen molar-refractivity contribution in [3.63, 3.8) is 0 Å². The number of rotatable bonds is 8. The standard InChI is InChI=1S/C23H22BrN3O3S/c1-17-7-13-21(14-8-17)31(29,30)27-22(19-5-3-2-4-6-19)15-23(28)26-25-16-18-9-11-20(24)12-10-18/h2-14,16,22,27H,15H2,1H3,(H,26,28)/b25-16+. The monoisotopic (exact) mass is 499 g/mol. The topological polar surface area (TPSA) is 87.6 Å². The van der Waals surface area contributed by atoms with Crippen molar-refractivity contribution in [1.29, 1.82) is 0 Å². The van der Waals surface area contributed by atoms with Crippen LogP contribution >= 0.6 is 15.9 Å². The Morgan fingerprint density at radius 3 is 2.29 bits per heavy atom. The number of nitrogens with one attached hydrogen (secondary N) is 2. The lowest BCUT2D eigenvalue weighted by molar-refractivity contribution is -0.121. The molecule has 2 N–H and O–H groups in total. The molecule has 0 aliphatic heterocycles. The molecule has 0 bridgehead atoms. The molecule has 1 atom stereocenters. The lowest BCUT2D eigenvalue weighted by Gasteiger charge is -2.18. The van der Waals surface area contributed by atoms with Gasteiger partial charge in [0.25, 0.3) is 0 Å². The summed E-state index contributed by atoms with van der Waals surface area (Å²) in [6.45, 7) is 1.88. The molecule has 0 heterocycles. The SMILES string of the molecule is Cc1ccc(S(=O)(=O)NC(CC(=O)N/N=C/c2ccc(Br)cc2)c2ccccc2)cc1. The highest BCUT2D eigenvalue weighted by molar-refractivity contribution is 9.10. The van der Waals surface area contributed by atoms with Crippen LogP contribution in [0.3, 0.4) is 0 Å². The molecule has 31 heavy (non-hydrogen) atoms. The maximum absolute atomic E-state index is 12.9. The predicted molar refractivity (Wildman–Crippen MR) is 125 cm³/mol. The molecule has 3 aromatic carbocycles. The van der Waals surface area contributed by atoms with Crippen molar-refractivity contribution in [2.24, 2.45) is 5.10 Å². The third-order valence-corrected chi connectivity index (χ3v) is 6.51. The molecule has 0 saturated heterocycles. The number of hydrogen-bond donors (Lipinski definition) is 2. The molecular formula is C23H22BrN3O3S. The van der Waals surface area contributed by atoms with E-state index < -0.39 is 22.0 Å². The lowest BCUT2D eigenvalue weighted by Crippen LogP contribution is -2.32. The van der Waals surface area contributed by atoms with Crippen LogP contribution in [0.15, 0.2) is 93.3 Å². The normalized spacial score (nSPS) is 12.6. The second-order valence-electron chi connectivity index (χ2n) is 6.95. The number of benzene rings is 3. The molecule has 0 fully saturated rings. The molecule has 0 aromatic heterocycles. The Bertz CT molecular complexity index is 1150. The third-order valence-electron chi connectivity index (χ3n) is 4.49. The molecule has 8 heteroatoms. The van der Waals surface area contributed by atoms with E-state index in [0.717, 1.165) is 15.6 Å². The zero-order valence-corrected chi connectivity index (χ0v) is 19.2. The number of halogens is 1. The first kappa shape index (κ1) is 22.9. The first-order chi connectivity index (χ1) is 14.8. The number of sulfonamides is 1. The average Bonchev–Trinajstić information content (AvgIpc) is 2.75. The van der Waals surface area contributed by atoms with Crippen LogP contribution in [0, 0.1) is 6.92 Å². The Morgan fingerprint density at radius 2 is 1.65 bits per heavy atom. The van der Waals surface area contributed by atoms with Crippen LogP contribution in [0.25, 0.3) is 0 Å². The van der Waals surface area contributed by atoms with Gasteiger partial charge in [-0.15, -0.1) is 0 Å². The molecule has 160 valence electrons. The van der Waals surface area contributed by atoms with Crippen LogP contribution in [-0.4, -0.2) is 20.5 Å². The largest absolute Gasteiger partial charge is 0.273 e. The molecule has 0 radical (unpaired) electrons. The van der Waals surface area contributed by atoms with Gasteiger partial charge in [0.2, 0.25) is 15.9 Å². The molecule has 1 amide bonds. The second-order valence-corrected chi connectivity index (χ2v) is 9.58. The molecule has 0 spiro atoms. The van der Waals surface area contributed by atoms with E-state index >= 15 is 0 Å². The maximum atomic E-state index is 12.9. The van der Waals surface area contributed by atoms with Gasteiger partial charge in [0.05, 0.1) is 17.2 Å². The number of carbonyl (C=O) groups is 1. The number of aryl methyl sites for hydroxylation is 1. The fourth-order valence-corrected chi connectivity index (χ4v) is 4.33. The highest BCUT2D eigenvalue weighted by atomic mass is 79.9. The van der Waals surface area contributed by atoms with Crippen LogP contribution in [0.2, 0.25) is 0 Å². The Labute approximate surface area is 190 Å². The predicted octanol–water partition coefficient (Wildman–Crippen LogP) is 4.32. The van der Waals surface area contributed by atoms with Gasteiger partial charge in [-0.25, -0.2) is 18.6 Å². The summed E-state index contributed by atoms with van der Waals surface area (Å²) in [7, 11) is -3.81. The van der Waals surface area contributed by atoms with E-state index in [1.54, 1.807) is 48.5 Å². The fraction of sp³-hybridized carbons (Fsp3) is 0.130. The summed E-state index contributed by atoms with van der Waals surface area (Å²) < 4.78 is 29.3. The van der Waals surface area contributed by atoms with Crippen LogP contribution in [-0.2, 0) is 14.8 Å². The van der Waals surface area contributed by atoms with Gasteiger partial charge < -0.3 is 0 Å². The highest BCUT2D eigenvalue weighted by Gasteiger charge is 2.23. The number of hydrogen-bond acceptors (Lipinski definition) is 4. The summed E-state index contributed by atoms with van der Waals surface area (Å²) in [5.41, 5.74) is 4.93. The van der Waals surface area contributed by atoms with Crippen molar-refractivity contribution in [2.75, 3.05) is 0 Å². The molecule has 3 aromatic rings. The van der Waals surface area contributed by atoms with Gasteiger partial charge in [-0.05, 0) is 42.3 Å². The minimum absolute atomic E-state index is 0.104. The summed E-state index contributed by atoms with van der Waals surface area (Å²) in [6.07, 6.45) is 1.42. The molecule has 3 rings (SSSR count). The van der Waals surface area contributed by atoms with Crippen molar-refractivity contribution in [3.8, 4) is 0 Å². The van der Waals surface area contributed by atoms with Gasteiger partial charge in [-0.1, -0.05) is 76.1 Å². The first-order valence-corrected chi connectivity index (χ1v) is 11.8. The van der Waals surface area contributed by atoms with Crippen molar-refractivity contribution in [2.45, 2.75) is 24.3 Å². The quantitative estimate of drug-likeness (QED) is 0.357. The molecule has 1 unspecified atom stereocenters. The third kappa shape index (κ3) is 6.85. The van der Waals surface area contributed by atoms with Gasteiger partial charge in [0.1, 0.15) is 0 Å².